The lowest BCUT2D eigenvalue weighted by molar-refractivity contribution is 0.326. The third kappa shape index (κ3) is 2.28. The second-order valence-electron chi connectivity index (χ2n) is 5.62. The number of hydrogen-bond donors (Lipinski definition) is 1. The molecule has 1 aliphatic heterocycles. The van der Waals surface area contributed by atoms with Crippen LogP contribution in [0.25, 0.3) is 11.0 Å². The maximum absolute atomic E-state index is 4.36. The molecule has 1 N–H and O–H groups in total. The highest BCUT2D eigenvalue weighted by molar-refractivity contribution is 5.78. The fourth-order valence-electron chi connectivity index (χ4n) is 2.97. The van der Waals surface area contributed by atoms with E-state index in [2.05, 4.69) is 32.3 Å². The van der Waals surface area contributed by atoms with E-state index in [1.165, 1.54) is 32.4 Å². The van der Waals surface area contributed by atoms with Crippen LogP contribution in [0.2, 0.25) is 0 Å². The van der Waals surface area contributed by atoms with E-state index in [0.29, 0.717) is 6.04 Å². The van der Waals surface area contributed by atoms with Gasteiger partial charge >= 0.3 is 0 Å². The minimum absolute atomic E-state index is 0.578. The van der Waals surface area contributed by atoms with Crippen molar-refractivity contribution in [1.82, 2.24) is 14.9 Å². The summed E-state index contributed by atoms with van der Waals surface area (Å²) in [5.74, 6) is 0. The molecule has 1 unspecified atom stereocenters. The molecule has 98 valence electrons. The molecule has 1 aliphatic carbocycles. The molecule has 4 rings (SSSR count). The lowest BCUT2D eigenvalue weighted by atomic mass is 10.2. The van der Waals surface area contributed by atoms with Crippen molar-refractivity contribution in [1.29, 1.82) is 0 Å². The zero-order valence-electron chi connectivity index (χ0n) is 10.9. The molecule has 19 heavy (non-hydrogen) atoms. The Morgan fingerprint density at radius 3 is 2.74 bits per heavy atom. The third-order valence-corrected chi connectivity index (χ3v) is 4.12. The summed E-state index contributed by atoms with van der Waals surface area (Å²) in [5, 5.41) is 3.64. The number of aromatic nitrogens is 2. The van der Waals surface area contributed by atoms with Crippen molar-refractivity contribution in [2.45, 2.75) is 31.3 Å². The first-order chi connectivity index (χ1) is 9.38. The fourth-order valence-corrected chi connectivity index (χ4v) is 2.97. The molecule has 1 saturated heterocycles. The van der Waals surface area contributed by atoms with Gasteiger partial charge in [0.05, 0.1) is 11.0 Å². The van der Waals surface area contributed by atoms with Crippen LogP contribution in [0, 0.1) is 0 Å². The van der Waals surface area contributed by atoms with Gasteiger partial charge < -0.3 is 5.32 Å². The molecule has 0 bridgehead atoms. The highest BCUT2D eigenvalue weighted by Gasteiger charge is 2.34. The lowest BCUT2D eigenvalue weighted by Crippen LogP contribution is -2.27. The van der Waals surface area contributed by atoms with Crippen molar-refractivity contribution in [3.63, 3.8) is 0 Å². The highest BCUT2D eigenvalue weighted by atomic mass is 15.2. The van der Waals surface area contributed by atoms with E-state index in [0.717, 1.165) is 22.8 Å². The SMILES string of the molecule is c1cnc2cc(NC3CCN(C4CC4)C3)ccc2n1. The highest BCUT2D eigenvalue weighted by Crippen LogP contribution is 2.30. The monoisotopic (exact) mass is 254 g/mol. The second-order valence-corrected chi connectivity index (χ2v) is 5.62. The molecular formula is C15H18N4. The van der Waals surface area contributed by atoms with Crippen LogP contribution in [-0.4, -0.2) is 40.0 Å². The number of nitrogens with one attached hydrogen (secondary N) is 1. The Hall–Kier alpha value is -1.68. The van der Waals surface area contributed by atoms with Crippen LogP contribution >= 0.6 is 0 Å². The van der Waals surface area contributed by atoms with Crippen LogP contribution in [0.5, 0.6) is 0 Å². The largest absolute Gasteiger partial charge is 0.381 e. The summed E-state index contributed by atoms with van der Waals surface area (Å²) in [4.78, 5) is 11.3. The van der Waals surface area contributed by atoms with Crippen LogP contribution in [0.4, 0.5) is 5.69 Å². The average Bonchev–Trinajstić information content (AvgIpc) is 3.20. The van der Waals surface area contributed by atoms with E-state index in [-0.39, 0.29) is 0 Å². The Bertz CT molecular complexity index is 593. The van der Waals surface area contributed by atoms with Crippen molar-refractivity contribution in [3.05, 3.63) is 30.6 Å². The standard InChI is InChI=1S/C15H18N4/c1-4-14-15(17-7-6-16-14)9-11(1)18-12-5-8-19(10-12)13-2-3-13/h1,4,6-7,9,12-13,18H,2-3,5,8,10H2. The van der Waals surface area contributed by atoms with Crippen molar-refractivity contribution in [3.8, 4) is 0 Å². The molecule has 0 amide bonds. The number of rotatable bonds is 3. The first-order valence-electron chi connectivity index (χ1n) is 7.10. The second kappa shape index (κ2) is 4.46. The number of anilines is 1. The quantitative estimate of drug-likeness (QED) is 0.912. The van der Waals surface area contributed by atoms with Crippen LogP contribution in [0.15, 0.2) is 30.6 Å². The number of nitrogens with zero attached hydrogens (tertiary/aromatic N) is 3. The zero-order chi connectivity index (χ0) is 12.7. The predicted octanol–water partition coefficient (Wildman–Crippen LogP) is 2.28. The smallest absolute Gasteiger partial charge is 0.0907 e. The van der Waals surface area contributed by atoms with Gasteiger partial charge in [0.1, 0.15) is 0 Å². The van der Waals surface area contributed by atoms with Crippen LogP contribution in [0.3, 0.4) is 0 Å². The summed E-state index contributed by atoms with van der Waals surface area (Å²) in [7, 11) is 0. The number of hydrogen-bond acceptors (Lipinski definition) is 4. The molecule has 2 fully saturated rings. The molecule has 4 nitrogen and oxygen atoms in total. The Morgan fingerprint density at radius 1 is 1.05 bits per heavy atom. The van der Waals surface area contributed by atoms with E-state index in [1.54, 1.807) is 12.4 Å². The molecule has 1 aromatic heterocycles. The minimum Gasteiger partial charge on any atom is -0.381 e. The van der Waals surface area contributed by atoms with E-state index in [4.69, 9.17) is 0 Å². The van der Waals surface area contributed by atoms with Crippen molar-refractivity contribution >= 4 is 16.7 Å². The Balaban J connectivity index is 1.48. The van der Waals surface area contributed by atoms with Gasteiger partial charge in [-0.2, -0.15) is 0 Å². The van der Waals surface area contributed by atoms with Crippen molar-refractivity contribution < 1.29 is 0 Å². The minimum atomic E-state index is 0.578. The summed E-state index contributed by atoms with van der Waals surface area (Å²) in [6, 6.07) is 7.71. The lowest BCUT2D eigenvalue weighted by Gasteiger charge is -2.16. The summed E-state index contributed by atoms with van der Waals surface area (Å²) < 4.78 is 0. The van der Waals surface area contributed by atoms with Gasteiger partial charge in [0.15, 0.2) is 0 Å². The van der Waals surface area contributed by atoms with E-state index in [1.807, 2.05) is 6.07 Å². The van der Waals surface area contributed by atoms with Crippen molar-refractivity contribution in [2.75, 3.05) is 18.4 Å². The van der Waals surface area contributed by atoms with Gasteiger partial charge in [-0.05, 0) is 37.5 Å². The first-order valence-corrected chi connectivity index (χ1v) is 7.10. The number of benzene rings is 1. The van der Waals surface area contributed by atoms with Gasteiger partial charge in [-0.3, -0.25) is 14.9 Å². The van der Waals surface area contributed by atoms with Crippen LogP contribution in [0.1, 0.15) is 19.3 Å². The Labute approximate surface area is 112 Å². The van der Waals surface area contributed by atoms with E-state index < -0.39 is 0 Å². The first kappa shape index (κ1) is 11.2. The van der Waals surface area contributed by atoms with Gasteiger partial charge in [-0.25, -0.2) is 0 Å². The van der Waals surface area contributed by atoms with Gasteiger partial charge in [-0.1, -0.05) is 0 Å². The van der Waals surface area contributed by atoms with Gasteiger partial charge in [-0.15, -0.1) is 0 Å². The summed E-state index contributed by atoms with van der Waals surface area (Å²) in [5.41, 5.74) is 3.08. The predicted molar refractivity (Wildman–Crippen MR) is 76.2 cm³/mol. The molecular weight excluding hydrogens is 236 g/mol. The van der Waals surface area contributed by atoms with Crippen molar-refractivity contribution in [2.24, 2.45) is 0 Å². The topological polar surface area (TPSA) is 41.1 Å². The van der Waals surface area contributed by atoms with Gasteiger partial charge in [0, 0.05) is 43.3 Å². The molecule has 0 spiro atoms. The average molecular weight is 254 g/mol. The summed E-state index contributed by atoms with van der Waals surface area (Å²) in [6.07, 6.45) is 7.53. The molecule has 1 saturated carbocycles. The van der Waals surface area contributed by atoms with Gasteiger partial charge in [0.2, 0.25) is 0 Å². The van der Waals surface area contributed by atoms with Crippen LogP contribution in [-0.2, 0) is 0 Å². The summed E-state index contributed by atoms with van der Waals surface area (Å²) in [6.45, 7) is 2.43. The number of likely N-dealkylation sites (tertiary alicyclic amines) is 1. The molecule has 1 aromatic carbocycles. The van der Waals surface area contributed by atoms with E-state index in [9.17, 15) is 0 Å². The number of fused-ring (bicyclic) bond motifs is 1. The normalized spacial score (nSPS) is 23.9. The molecule has 0 radical (unpaired) electrons. The molecule has 4 heteroatoms. The van der Waals surface area contributed by atoms with E-state index >= 15 is 0 Å². The molecule has 2 aliphatic rings. The molecule has 1 atom stereocenters. The maximum Gasteiger partial charge on any atom is 0.0907 e. The maximum atomic E-state index is 4.36. The Morgan fingerprint density at radius 2 is 1.89 bits per heavy atom. The third-order valence-electron chi connectivity index (χ3n) is 4.12. The molecule has 2 heterocycles. The molecule has 2 aromatic rings. The van der Waals surface area contributed by atoms with Crippen LogP contribution < -0.4 is 5.32 Å². The Kier molecular flexibility index (Phi) is 2.62. The fraction of sp³-hybridized carbons (Fsp3) is 0.467. The van der Waals surface area contributed by atoms with Gasteiger partial charge in [0.25, 0.3) is 0 Å². The summed E-state index contributed by atoms with van der Waals surface area (Å²) >= 11 is 0. The zero-order valence-corrected chi connectivity index (χ0v) is 10.9.